The lowest BCUT2D eigenvalue weighted by Crippen LogP contribution is -2.53. The predicted molar refractivity (Wildman–Crippen MR) is 149 cm³/mol. The second-order valence-corrected chi connectivity index (χ2v) is 11.8. The zero-order valence-electron chi connectivity index (χ0n) is 23.3. The van der Waals surface area contributed by atoms with Crippen molar-refractivity contribution in [1.29, 1.82) is 5.26 Å². The molecular weight excluding hydrogens is 536 g/mol. The molecule has 1 aliphatic rings. The van der Waals surface area contributed by atoms with Crippen LogP contribution in [0.3, 0.4) is 0 Å². The van der Waals surface area contributed by atoms with Crippen LogP contribution < -0.4 is 11.1 Å². The molecule has 0 aliphatic carbocycles. The largest absolute Gasteiger partial charge is 0.444 e. The number of nitriles is 1. The van der Waals surface area contributed by atoms with E-state index in [4.69, 9.17) is 18.6 Å². The Morgan fingerprint density at radius 3 is 2.73 bits per heavy atom. The molecule has 3 aromatic rings. The Kier molecular flexibility index (Phi) is 8.98. The Bertz CT molecular complexity index is 1460. The molecule has 11 nitrogen and oxygen atoms in total. The lowest BCUT2D eigenvalue weighted by Gasteiger charge is -2.34. The van der Waals surface area contributed by atoms with Crippen molar-refractivity contribution in [3.63, 3.8) is 0 Å². The zero-order chi connectivity index (χ0) is 29.0. The first-order chi connectivity index (χ1) is 19.0. The van der Waals surface area contributed by atoms with Crippen molar-refractivity contribution in [3.8, 4) is 16.5 Å². The van der Waals surface area contributed by atoms with Crippen LogP contribution in [0.15, 0.2) is 39.5 Å². The van der Waals surface area contributed by atoms with Gasteiger partial charge in [-0.1, -0.05) is 0 Å². The molecule has 214 valence electrons. The van der Waals surface area contributed by atoms with Crippen molar-refractivity contribution < 1.29 is 28.2 Å². The van der Waals surface area contributed by atoms with Crippen molar-refractivity contribution in [1.82, 2.24) is 14.8 Å². The minimum atomic E-state index is -0.964. The van der Waals surface area contributed by atoms with E-state index in [9.17, 15) is 19.6 Å². The monoisotopic (exact) mass is 570 g/mol. The predicted octanol–water partition coefficient (Wildman–Crippen LogP) is 3.45. The summed E-state index contributed by atoms with van der Waals surface area (Å²) in [5, 5.41) is 12.6. The number of aromatic nitrogens is 1. The van der Waals surface area contributed by atoms with Crippen LogP contribution >= 0.6 is 11.3 Å². The molecule has 1 saturated heterocycles. The third-order valence-corrected chi connectivity index (χ3v) is 7.62. The highest BCUT2D eigenvalue weighted by molar-refractivity contribution is 7.15. The lowest BCUT2D eigenvalue weighted by molar-refractivity contribution is -0.137. The number of carbonyl (C=O) groups excluding carboxylic acids is 2. The van der Waals surface area contributed by atoms with Gasteiger partial charge in [-0.15, -0.1) is 11.3 Å². The van der Waals surface area contributed by atoms with E-state index in [1.165, 1.54) is 20.8 Å². The third-order valence-electron chi connectivity index (χ3n) is 6.46. The number of oxazole rings is 1. The van der Waals surface area contributed by atoms with Crippen LogP contribution in [0.2, 0.25) is 0 Å². The van der Waals surface area contributed by atoms with E-state index >= 15 is 0 Å². The number of ether oxygens (including phenoxy) is 3. The van der Waals surface area contributed by atoms with Gasteiger partial charge in [0.2, 0.25) is 0 Å². The third kappa shape index (κ3) is 7.10. The molecule has 1 aromatic carbocycles. The number of fused-ring (bicyclic) bond motifs is 1. The summed E-state index contributed by atoms with van der Waals surface area (Å²) in [6.07, 6.45) is -0.982. The van der Waals surface area contributed by atoms with Gasteiger partial charge < -0.3 is 28.8 Å². The lowest BCUT2D eigenvalue weighted by atomic mass is 10.1. The van der Waals surface area contributed by atoms with Crippen LogP contribution in [0.5, 0.6) is 0 Å². The molecule has 0 spiro atoms. The maximum atomic E-state index is 13.2. The molecule has 2 aromatic heterocycles. The maximum absolute atomic E-state index is 13.2. The van der Waals surface area contributed by atoms with E-state index in [-0.39, 0.29) is 25.8 Å². The van der Waals surface area contributed by atoms with Crippen molar-refractivity contribution in [3.05, 3.63) is 45.8 Å². The smallest absolute Gasteiger partial charge is 0.419 e. The molecule has 0 saturated carbocycles. The molecule has 3 heterocycles. The summed E-state index contributed by atoms with van der Waals surface area (Å²) >= 11 is 1.50. The normalized spacial score (nSPS) is 18.9. The number of rotatable bonds is 6. The summed E-state index contributed by atoms with van der Waals surface area (Å²) in [5.74, 6) is -0.897. The van der Waals surface area contributed by atoms with Gasteiger partial charge >= 0.3 is 11.8 Å². The Labute approximate surface area is 236 Å². The summed E-state index contributed by atoms with van der Waals surface area (Å²) in [7, 11) is 3.22. The molecule has 0 unspecified atom stereocenters. The summed E-state index contributed by atoms with van der Waals surface area (Å²) in [6, 6.07) is 10.7. The highest BCUT2D eigenvalue weighted by Gasteiger charge is 2.33. The number of thiophene rings is 1. The molecule has 4 rings (SSSR count). The summed E-state index contributed by atoms with van der Waals surface area (Å²) in [6.45, 7) is 5.83. The van der Waals surface area contributed by atoms with Crippen LogP contribution in [0.25, 0.3) is 21.5 Å². The number of amides is 2. The standard InChI is InChI=1S/C28H34N4O7S/c1-28(2,3)39-27(35)32-15-19(36-5)10-11-37-23(16-32)25(33)30-18(14-29)13-20-7-9-24(40-20)17-6-8-22-21(12-17)31(4)26(34)38-22/h6-9,12,18-19,23H,10-11,13,15-16H2,1-5H3,(H,30,33)/t18-,19-,23-/m0/s1. The number of carbonyl (C=O) groups is 2. The fourth-order valence-electron chi connectivity index (χ4n) is 4.35. The quantitative estimate of drug-likeness (QED) is 0.476. The molecule has 1 fully saturated rings. The van der Waals surface area contributed by atoms with Gasteiger partial charge in [-0.3, -0.25) is 9.36 Å². The highest BCUT2D eigenvalue weighted by atomic mass is 32.1. The van der Waals surface area contributed by atoms with E-state index in [0.29, 0.717) is 23.9 Å². The van der Waals surface area contributed by atoms with Crippen molar-refractivity contribution >= 4 is 34.4 Å². The van der Waals surface area contributed by atoms with Crippen LogP contribution in [0.4, 0.5) is 4.79 Å². The minimum absolute atomic E-state index is 0.0269. The van der Waals surface area contributed by atoms with Crippen LogP contribution in [-0.2, 0) is 32.5 Å². The van der Waals surface area contributed by atoms with Gasteiger partial charge in [0.15, 0.2) is 11.7 Å². The molecule has 40 heavy (non-hydrogen) atoms. The Hall–Kier alpha value is -3.66. The second kappa shape index (κ2) is 12.2. The molecule has 0 bridgehead atoms. The molecule has 1 aliphatic heterocycles. The van der Waals surface area contributed by atoms with Crippen molar-refractivity contribution in [2.24, 2.45) is 7.05 Å². The molecule has 2 amide bonds. The zero-order valence-corrected chi connectivity index (χ0v) is 24.1. The number of aryl methyl sites for hydroxylation is 1. The SMILES string of the molecule is CO[C@H]1CCO[C@H](C(=O)N[C@H](C#N)Cc2ccc(-c3ccc4oc(=O)n(C)c4c3)s2)CN(C(=O)OC(C)(C)C)C1. The number of nitrogens with one attached hydrogen (secondary N) is 1. The van der Waals surface area contributed by atoms with Gasteiger partial charge in [-0.25, -0.2) is 9.59 Å². The van der Waals surface area contributed by atoms with Gasteiger partial charge in [-0.2, -0.15) is 5.26 Å². The van der Waals surface area contributed by atoms with E-state index in [2.05, 4.69) is 11.4 Å². The average molecular weight is 571 g/mol. The topological polar surface area (TPSA) is 136 Å². The molecule has 3 atom stereocenters. The van der Waals surface area contributed by atoms with Crippen molar-refractivity contribution in [2.75, 3.05) is 26.8 Å². The fourth-order valence-corrected chi connectivity index (χ4v) is 5.40. The minimum Gasteiger partial charge on any atom is -0.444 e. The van der Waals surface area contributed by atoms with Gasteiger partial charge in [0.05, 0.1) is 37.4 Å². The Morgan fingerprint density at radius 2 is 2.02 bits per heavy atom. The average Bonchev–Trinajstić information content (AvgIpc) is 3.46. The molecule has 0 radical (unpaired) electrons. The van der Waals surface area contributed by atoms with Crippen LogP contribution in [0, 0.1) is 11.3 Å². The first-order valence-corrected chi connectivity index (χ1v) is 13.8. The first kappa shape index (κ1) is 29.3. The number of methoxy groups -OCH3 is 1. The van der Waals surface area contributed by atoms with E-state index in [0.717, 1.165) is 15.3 Å². The van der Waals surface area contributed by atoms with Gasteiger partial charge in [0.1, 0.15) is 11.6 Å². The summed E-state index contributed by atoms with van der Waals surface area (Å²) in [4.78, 5) is 41.1. The summed E-state index contributed by atoms with van der Waals surface area (Å²) in [5.41, 5.74) is 1.42. The Balaban J connectivity index is 1.43. The van der Waals surface area contributed by atoms with Crippen LogP contribution in [0.1, 0.15) is 32.1 Å². The number of nitrogens with zero attached hydrogens (tertiary/aromatic N) is 3. The Morgan fingerprint density at radius 1 is 1.25 bits per heavy atom. The molecular formula is C28H34N4O7S. The maximum Gasteiger partial charge on any atom is 0.419 e. The van der Waals surface area contributed by atoms with E-state index < -0.39 is 35.5 Å². The fraction of sp³-hybridized carbons (Fsp3) is 0.500. The van der Waals surface area contributed by atoms with Crippen molar-refractivity contribution in [2.45, 2.75) is 57.5 Å². The van der Waals surface area contributed by atoms with Gasteiger partial charge in [-0.05, 0) is 63.1 Å². The highest BCUT2D eigenvalue weighted by Crippen LogP contribution is 2.31. The molecule has 1 N–H and O–H groups in total. The van der Waals surface area contributed by atoms with Gasteiger partial charge in [0.25, 0.3) is 5.91 Å². The first-order valence-electron chi connectivity index (χ1n) is 13.0. The number of hydrogen-bond acceptors (Lipinski definition) is 9. The van der Waals surface area contributed by atoms with Crippen LogP contribution in [-0.4, -0.2) is 72.1 Å². The van der Waals surface area contributed by atoms with E-state index in [1.807, 2.05) is 24.3 Å². The second-order valence-electron chi connectivity index (χ2n) is 10.7. The van der Waals surface area contributed by atoms with Gasteiger partial charge in [0, 0.05) is 30.3 Å². The number of benzene rings is 1. The molecule has 12 heteroatoms. The van der Waals surface area contributed by atoms with E-state index in [1.54, 1.807) is 41.0 Å². The number of hydrogen-bond donors (Lipinski definition) is 1. The summed E-state index contributed by atoms with van der Waals surface area (Å²) < 4.78 is 23.4.